The van der Waals surface area contributed by atoms with Crippen LogP contribution in [-0.4, -0.2) is 45.7 Å². The highest BCUT2D eigenvalue weighted by atomic mass is 19.1. The molecule has 0 aliphatic carbocycles. The molecule has 0 aliphatic rings. The average molecular weight is 358 g/mol. The van der Waals surface area contributed by atoms with Gasteiger partial charge in [-0.25, -0.2) is 4.39 Å². The fourth-order valence-corrected chi connectivity index (χ4v) is 2.75. The average Bonchev–Trinajstić information content (AvgIpc) is 2.64. The lowest BCUT2D eigenvalue weighted by atomic mass is 10.1. The van der Waals surface area contributed by atoms with E-state index in [2.05, 4.69) is 20.5 Å². The summed E-state index contributed by atoms with van der Waals surface area (Å²) >= 11 is 0. The quantitative estimate of drug-likeness (QED) is 0.590. The zero-order valence-electron chi connectivity index (χ0n) is 15.8. The summed E-state index contributed by atoms with van der Waals surface area (Å²) in [7, 11) is 7.33. The van der Waals surface area contributed by atoms with Gasteiger partial charge in [-0.2, -0.15) is 0 Å². The van der Waals surface area contributed by atoms with Gasteiger partial charge in [-0.1, -0.05) is 30.3 Å². The van der Waals surface area contributed by atoms with Crippen molar-refractivity contribution in [3.05, 3.63) is 65.5 Å². The monoisotopic (exact) mass is 358 g/mol. The standard InChI is InChI=1S/C20H27FN4O/c1-22-20(23-13-16-8-5-6-11-19(16)26-4)24-14-18(25(2)3)15-9-7-10-17(21)12-15/h5-12,18H,13-14H2,1-4H3,(H2,22,23,24). The molecule has 0 bridgehead atoms. The molecule has 2 rings (SSSR count). The Morgan fingerprint density at radius 3 is 2.58 bits per heavy atom. The van der Waals surface area contributed by atoms with Gasteiger partial charge in [0.1, 0.15) is 11.6 Å². The lowest BCUT2D eigenvalue weighted by Crippen LogP contribution is -2.41. The second-order valence-electron chi connectivity index (χ2n) is 6.15. The Morgan fingerprint density at radius 1 is 1.15 bits per heavy atom. The molecule has 0 radical (unpaired) electrons. The van der Waals surface area contributed by atoms with E-state index in [4.69, 9.17) is 4.74 Å². The van der Waals surface area contributed by atoms with Crippen molar-refractivity contribution in [2.75, 3.05) is 34.8 Å². The summed E-state index contributed by atoms with van der Waals surface area (Å²) in [5.41, 5.74) is 1.97. The van der Waals surface area contributed by atoms with Crippen LogP contribution in [0, 0.1) is 5.82 Å². The van der Waals surface area contributed by atoms with Gasteiger partial charge in [0.2, 0.25) is 0 Å². The SMILES string of the molecule is CN=C(NCc1ccccc1OC)NCC(c1cccc(F)c1)N(C)C. The van der Waals surface area contributed by atoms with Crippen molar-refractivity contribution in [1.29, 1.82) is 0 Å². The number of ether oxygens (including phenoxy) is 1. The lowest BCUT2D eigenvalue weighted by Gasteiger charge is -2.26. The van der Waals surface area contributed by atoms with Crippen LogP contribution < -0.4 is 15.4 Å². The molecule has 0 heterocycles. The first kappa shape index (κ1) is 19.7. The number of methoxy groups -OCH3 is 1. The van der Waals surface area contributed by atoms with Crippen molar-refractivity contribution in [3.8, 4) is 5.75 Å². The van der Waals surface area contributed by atoms with E-state index >= 15 is 0 Å². The van der Waals surface area contributed by atoms with Crippen molar-refractivity contribution in [3.63, 3.8) is 0 Å². The Bertz CT molecular complexity index is 733. The van der Waals surface area contributed by atoms with Crippen molar-refractivity contribution in [2.45, 2.75) is 12.6 Å². The number of para-hydroxylation sites is 1. The Balaban J connectivity index is 1.98. The summed E-state index contributed by atoms with van der Waals surface area (Å²) in [6.07, 6.45) is 0. The number of likely N-dealkylation sites (N-methyl/N-ethyl adjacent to an activating group) is 1. The van der Waals surface area contributed by atoms with Crippen LogP contribution in [0.5, 0.6) is 5.75 Å². The number of nitrogens with zero attached hydrogens (tertiary/aromatic N) is 2. The number of benzene rings is 2. The molecule has 5 nitrogen and oxygen atoms in total. The number of aliphatic imine (C=N–C) groups is 1. The molecule has 0 spiro atoms. The predicted octanol–water partition coefficient (Wildman–Crippen LogP) is 2.80. The molecule has 2 N–H and O–H groups in total. The number of hydrogen-bond acceptors (Lipinski definition) is 3. The highest BCUT2D eigenvalue weighted by Crippen LogP contribution is 2.18. The van der Waals surface area contributed by atoms with Gasteiger partial charge in [0, 0.05) is 25.7 Å². The van der Waals surface area contributed by atoms with E-state index in [1.165, 1.54) is 6.07 Å². The van der Waals surface area contributed by atoms with Crippen LogP contribution in [0.15, 0.2) is 53.5 Å². The van der Waals surface area contributed by atoms with E-state index < -0.39 is 0 Å². The van der Waals surface area contributed by atoms with Crippen molar-refractivity contribution < 1.29 is 9.13 Å². The second-order valence-corrected chi connectivity index (χ2v) is 6.15. The first-order valence-electron chi connectivity index (χ1n) is 8.53. The second kappa shape index (κ2) is 9.77. The van der Waals surface area contributed by atoms with Crippen LogP contribution in [0.2, 0.25) is 0 Å². The first-order valence-corrected chi connectivity index (χ1v) is 8.53. The van der Waals surface area contributed by atoms with Gasteiger partial charge in [0.15, 0.2) is 5.96 Å². The van der Waals surface area contributed by atoms with E-state index in [0.717, 1.165) is 16.9 Å². The van der Waals surface area contributed by atoms with E-state index in [1.807, 2.05) is 44.4 Å². The third kappa shape index (κ3) is 5.46. The zero-order chi connectivity index (χ0) is 18.9. The maximum Gasteiger partial charge on any atom is 0.191 e. The van der Waals surface area contributed by atoms with Gasteiger partial charge in [0.25, 0.3) is 0 Å². The minimum absolute atomic E-state index is 0.0236. The third-order valence-corrected chi connectivity index (χ3v) is 4.18. The summed E-state index contributed by atoms with van der Waals surface area (Å²) in [6, 6.07) is 14.6. The largest absolute Gasteiger partial charge is 0.496 e. The Hall–Kier alpha value is -2.60. The number of guanidine groups is 1. The molecular formula is C20H27FN4O. The number of halogens is 1. The van der Waals surface area contributed by atoms with Gasteiger partial charge < -0.3 is 20.3 Å². The van der Waals surface area contributed by atoms with Gasteiger partial charge in [-0.3, -0.25) is 4.99 Å². The molecule has 0 aromatic heterocycles. The van der Waals surface area contributed by atoms with Gasteiger partial charge >= 0.3 is 0 Å². The molecule has 0 aliphatic heterocycles. The molecular weight excluding hydrogens is 331 g/mol. The highest BCUT2D eigenvalue weighted by molar-refractivity contribution is 5.79. The molecule has 0 saturated heterocycles. The Morgan fingerprint density at radius 2 is 1.92 bits per heavy atom. The minimum atomic E-state index is -0.229. The molecule has 0 saturated carbocycles. The molecule has 0 fully saturated rings. The van der Waals surface area contributed by atoms with Crippen LogP contribution in [0.3, 0.4) is 0 Å². The van der Waals surface area contributed by atoms with E-state index in [0.29, 0.717) is 19.0 Å². The molecule has 0 amide bonds. The van der Waals surface area contributed by atoms with Crippen LogP contribution >= 0.6 is 0 Å². The molecule has 2 aromatic carbocycles. The maximum absolute atomic E-state index is 13.5. The lowest BCUT2D eigenvalue weighted by molar-refractivity contribution is 0.297. The summed E-state index contributed by atoms with van der Waals surface area (Å²) in [6.45, 7) is 1.19. The van der Waals surface area contributed by atoms with Crippen LogP contribution in [0.4, 0.5) is 4.39 Å². The Kier molecular flexibility index (Phi) is 7.41. The zero-order valence-corrected chi connectivity index (χ0v) is 15.8. The van der Waals surface area contributed by atoms with Crippen molar-refractivity contribution in [1.82, 2.24) is 15.5 Å². The van der Waals surface area contributed by atoms with Crippen LogP contribution in [-0.2, 0) is 6.54 Å². The predicted molar refractivity (Wildman–Crippen MR) is 104 cm³/mol. The molecule has 140 valence electrons. The number of nitrogens with one attached hydrogen (secondary N) is 2. The minimum Gasteiger partial charge on any atom is -0.496 e. The topological polar surface area (TPSA) is 48.9 Å². The molecule has 26 heavy (non-hydrogen) atoms. The summed E-state index contributed by atoms with van der Waals surface area (Å²) in [5, 5.41) is 6.59. The number of rotatable bonds is 7. The molecule has 6 heteroatoms. The van der Waals surface area contributed by atoms with E-state index in [1.54, 1.807) is 26.3 Å². The first-order chi connectivity index (χ1) is 12.5. The van der Waals surface area contributed by atoms with Gasteiger partial charge in [-0.05, 0) is 37.9 Å². The smallest absolute Gasteiger partial charge is 0.191 e. The van der Waals surface area contributed by atoms with Gasteiger partial charge in [0.05, 0.1) is 13.2 Å². The summed E-state index contributed by atoms with van der Waals surface area (Å²) in [4.78, 5) is 6.31. The van der Waals surface area contributed by atoms with Crippen LogP contribution in [0.1, 0.15) is 17.2 Å². The van der Waals surface area contributed by atoms with E-state index in [9.17, 15) is 4.39 Å². The van der Waals surface area contributed by atoms with Crippen molar-refractivity contribution >= 4 is 5.96 Å². The van der Waals surface area contributed by atoms with E-state index in [-0.39, 0.29) is 11.9 Å². The highest BCUT2D eigenvalue weighted by Gasteiger charge is 2.15. The number of hydrogen-bond donors (Lipinski definition) is 2. The maximum atomic E-state index is 13.5. The molecule has 1 unspecified atom stereocenters. The fraction of sp³-hybridized carbons (Fsp3) is 0.350. The third-order valence-electron chi connectivity index (χ3n) is 4.18. The molecule has 2 aromatic rings. The molecule has 1 atom stereocenters. The summed E-state index contributed by atoms with van der Waals surface area (Å²) in [5.74, 6) is 1.29. The Labute approximate surface area is 154 Å². The summed E-state index contributed by atoms with van der Waals surface area (Å²) < 4.78 is 18.9. The van der Waals surface area contributed by atoms with Crippen LogP contribution in [0.25, 0.3) is 0 Å². The van der Waals surface area contributed by atoms with Crippen molar-refractivity contribution in [2.24, 2.45) is 4.99 Å². The fourth-order valence-electron chi connectivity index (χ4n) is 2.75. The normalized spacial score (nSPS) is 12.8. The van der Waals surface area contributed by atoms with Gasteiger partial charge in [-0.15, -0.1) is 0 Å².